The third-order valence-electron chi connectivity index (χ3n) is 4.86. The molecule has 0 bridgehead atoms. The van der Waals surface area contributed by atoms with Crippen LogP contribution in [0.2, 0.25) is 5.02 Å². The molecule has 0 saturated carbocycles. The SMILES string of the molecule is [C-]#[N+]c1ccc(N2C(=O)C(C)(C)N(CCCCCS(=O)(=O)/N=C/N(C)C)C2=S)cc1Cl. The van der Waals surface area contributed by atoms with Gasteiger partial charge >= 0.3 is 0 Å². The number of carbonyl (C=O) groups is 1. The summed E-state index contributed by atoms with van der Waals surface area (Å²) in [5, 5.41) is 0.627. The molecule has 1 heterocycles. The van der Waals surface area contributed by atoms with Crippen molar-refractivity contribution in [3.8, 4) is 0 Å². The lowest BCUT2D eigenvalue weighted by Gasteiger charge is -2.29. The maximum Gasteiger partial charge on any atom is 0.258 e. The largest absolute Gasteiger partial charge is 0.368 e. The van der Waals surface area contributed by atoms with Crippen LogP contribution in [-0.2, 0) is 14.8 Å². The van der Waals surface area contributed by atoms with E-state index in [0.29, 0.717) is 42.3 Å². The Labute approximate surface area is 194 Å². The maximum atomic E-state index is 13.1. The molecule has 0 aromatic heterocycles. The lowest BCUT2D eigenvalue weighted by atomic mass is 10.0. The molecule has 2 rings (SSSR count). The van der Waals surface area contributed by atoms with Gasteiger partial charge in [0, 0.05) is 25.7 Å². The van der Waals surface area contributed by atoms with Crippen molar-refractivity contribution in [3.05, 3.63) is 34.6 Å². The van der Waals surface area contributed by atoms with E-state index in [1.807, 2.05) is 4.90 Å². The molecule has 1 aliphatic heterocycles. The average Bonchev–Trinajstić information content (AvgIpc) is 2.85. The summed E-state index contributed by atoms with van der Waals surface area (Å²) in [6, 6.07) is 4.79. The lowest BCUT2D eigenvalue weighted by Crippen LogP contribution is -2.44. The number of sulfonamides is 1. The van der Waals surface area contributed by atoms with Gasteiger partial charge in [-0.05, 0) is 51.0 Å². The molecule has 1 saturated heterocycles. The van der Waals surface area contributed by atoms with Crippen LogP contribution in [0.1, 0.15) is 33.1 Å². The third kappa shape index (κ3) is 5.93. The minimum atomic E-state index is -3.48. The molecule has 31 heavy (non-hydrogen) atoms. The van der Waals surface area contributed by atoms with E-state index in [1.165, 1.54) is 11.2 Å². The number of thiocarbonyl (C=S) groups is 1. The Morgan fingerprint density at radius 1 is 1.29 bits per heavy atom. The van der Waals surface area contributed by atoms with Crippen molar-refractivity contribution in [2.75, 3.05) is 31.3 Å². The van der Waals surface area contributed by atoms with E-state index in [2.05, 4.69) is 9.24 Å². The summed E-state index contributed by atoms with van der Waals surface area (Å²) in [6.07, 6.45) is 3.08. The molecule has 1 aliphatic rings. The Morgan fingerprint density at radius 3 is 2.55 bits per heavy atom. The second-order valence-electron chi connectivity index (χ2n) is 7.91. The quantitative estimate of drug-likeness (QED) is 0.175. The van der Waals surface area contributed by atoms with Gasteiger partial charge < -0.3 is 9.80 Å². The number of carbonyl (C=O) groups excluding carboxylic acids is 1. The molecule has 0 radical (unpaired) electrons. The molecule has 8 nitrogen and oxygen atoms in total. The van der Waals surface area contributed by atoms with Crippen molar-refractivity contribution in [2.45, 2.75) is 38.6 Å². The number of hydrogen-bond donors (Lipinski definition) is 0. The Balaban J connectivity index is 2.01. The summed E-state index contributed by atoms with van der Waals surface area (Å²) in [5.41, 5.74) is -0.0128. The van der Waals surface area contributed by atoms with E-state index in [9.17, 15) is 13.2 Å². The van der Waals surface area contributed by atoms with Crippen molar-refractivity contribution in [3.63, 3.8) is 0 Å². The molecule has 1 aromatic rings. The second-order valence-corrected chi connectivity index (χ2v) is 10.5. The zero-order chi connectivity index (χ0) is 23.4. The minimum absolute atomic E-state index is 0.0257. The number of halogens is 1. The van der Waals surface area contributed by atoms with E-state index in [0.717, 1.165) is 0 Å². The number of unbranched alkanes of at least 4 members (excludes halogenated alkanes) is 2. The fourth-order valence-corrected chi connectivity index (χ4v) is 4.85. The standard InChI is InChI=1S/C20H26ClN5O3S2/c1-20(2)18(27)26(15-9-10-17(22-3)16(21)13-15)19(30)25(20)11-7-6-8-12-31(28,29)23-14-24(4)5/h9-10,13-14H,6-8,11-12H2,1-2,4-5H3/b23-14+. The molecule has 0 N–H and O–H groups in total. The van der Waals surface area contributed by atoms with Crippen LogP contribution in [0.3, 0.4) is 0 Å². The van der Waals surface area contributed by atoms with Gasteiger partial charge in [0.05, 0.1) is 18.0 Å². The van der Waals surface area contributed by atoms with Crippen LogP contribution in [0, 0.1) is 6.57 Å². The minimum Gasteiger partial charge on any atom is -0.368 e. The van der Waals surface area contributed by atoms with Gasteiger partial charge in [-0.15, -0.1) is 0 Å². The van der Waals surface area contributed by atoms with Gasteiger partial charge in [-0.1, -0.05) is 24.1 Å². The van der Waals surface area contributed by atoms with Crippen molar-refractivity contribution in [1.29, 1.82) is 0 Å². The highest BCUT2D eigenvalue weighted by molar-refractivity contribution is 7.90. The summed E-state index contributed by atoms with van der Waals surface area (Å²) < 4.78 is 27.4. The topological polar surface area (TPSA) is 77.6 Å². The first-order valence-electron chi connectivity index (χ1n) is 9.68. The van der Waals surface area contributed by atoms with E-state index < -0.39 is 15.6 Å². The molecule has 1 fully saturated rings. The van der Waals surface area contributed by atoms with Crippen molar-refractivity contribution in [1.82, 2.24) is 9.80 Å². The van der Waals surface area contributed by atoms with Gasteiger partial charge in [0.1, 0.15) is 11.9 Å². The Hall–Kier alpha value is -2.22. The molecule has 11 heteroatoms. The van der Waals surface area contributed by atoms with E-state index in [4.69, 9.17) is 30.4 Å². The number of anilines is 1. The number of benzene rings is 1. The molecule has 0 atom stereocenters. The second kappa shape index (κ2) is 9.94. The highest BCUT2D eigenvalue weighted by atomic mass is 35.5. The van der Waals surface area contributed by atoms with E-state index in [1.54, 1.807) is 51.0 Å². The van der Waals surface area contributed by atoms with Crippen LogP contribution in [0.25, 0.3) is 4.85 Å². The van der Waals surface area contributed by atoms with Crippen molar-refractivity contribution >= 4 is 62.6 Å². The summed E-state index contributed by atoms with van der Waals surface area (Å²) >= 11 is 11.7. The van der Waals surface area contributed by atoms with Crippen LogP contribution in [0.15, 0.2) is 22.6 Å². The first kappa shape index (κ1) is 25.0. The zero-order valence-electron chi connectivity index (χ0n) is 18.0. The van der Waals surface area contributed by atoms with Gasteiger partial charge in [-0.3, -0.25) is 9.69 Å². The van der Waals surface area contributed by atoms with Gasteiger partial charge in [-0.25, -0.2) is 13.3 Å². The fourth-order valence-electron chi connectivity index (χ4n) is 3.11. The smallest absolute Gasteiger partial charge is 0.258 e. The summed E-state index contributed by atoms with van der Waals surface area (Å²) in [7, 11) is -0.0693. The third-order valence-corrected chi connectivity index (χ3v) is 6.78. The van der Waals surface area contributed by atoms with Crippen LogP contribution in [0.5, 0.6) is 0 Å². The maximum absolute atomic E-state index is 13.1. The molecule has 0 unspecified atom stereocenters. The predicted molar refractivity (Wildman–Crippen MR) is 128 cm³/mol. The number of amides is 1. The fraction of sp³-hybridized carbons (Fsp3) is 0.500. The van der Waals surface area contributed by atoms with Gasteiger partial charge in [0.2, 0.25) is 5.69 Å². The summed E-state index contributed by atoms with van der Waals surface area (Å²) in [5.74, 6) is -0.202. The number of nitrogens with zero attached hydrogens (tertiary/aromatic N) is 5. The molecule has 1 aromatic carbocycles. The molecular weight excluding hydrogens is 458 g/mol. The van der Waals surface area contributed by atoms with E-state index >= 15 is 0 Å². The predicted octanol–water partition coefficient (Wildman–Crippen LogP) is 3.69. The lowest BCUT2D eigenvalue weighted by molar-refractivity contribution is -0.123. The van der Waals surface area contributed by atoms with Crippen LogP contribution in [0.4, 0.5) is 11.4 Å². The van der Waals surface area contributed by atoms with Crippen molar-refractivity contribution < 1.29 is 13.2 Å². The van der Waals surface area contributed by atoms with Crippen LogP contribution < -0.4 is 4.90 Å². The Morgan fingerprint density at radius 2 is 1.97 bits per heavy atom. The molecule has 1 amide bonds. The molecule has 0 spiro atoms. The molecular formula is C20H26ClN5O3S2. The summed E-state index contributed by atoms with van der Waals surface area (Å²) in [6.45, 7) is 11.2. The van der Waals surface area contributed by atoms with E-state index in [-0.39, 0.29) is 16.7 Å². The monoisotopic (exact) mass is 483 g/mol. The van der Waals surface area contributed by atoms with Crippen molar-refractivity contribution in [2.24, 2.45) is 4.40 Å². The molecule has 0 aliphatic carbocycles. The number of hydrogen-bond acceptors (Lipinski definition) is 4. The Kier molecular flexibility index (Phi) is 8.03. The number of rotatable bonds is 9. The van der Waals surface area contributed by atoms with Gasteiger partial charge in [0.15, 0.2) is 5.11 Å². The normalized spacial score (nSPS) is 16.3. The first-order valence-corrected chi connectivity index (χ1v) is 12.1. The Bertz CT molecular complexity index is 1030. The average molecular weight is 484 g/mol. The van der Waals surface area contributed by atoms with Crippen LogP contribution in [-0.4, -0.2) is 67.5 Å². The highest BCUT2D eigenvalue weighted by Crippen LogP contribution is 2.36. The summed E-state index contributed by atoms with van der Waals surface area (Å²) in [4.78, 5) is 21.2. The van der Waals surface area contributed by atoms with Crippen LogP contribution >= 0.6 is 23.8 Å². The highest BCUT2D eigenvalue weighted by Gasteiger charge is 2.49. The first-order chi connectivity index (χ1) is 14.4. The van der Waals surface area contributed by atoms with Gasteiger partial charge in [0.25, 0.3) is 15.9 Å². The molecule has 168 valence electrons. The zero-order valence-corrected chi connectivity index (χ0v) is 20.4. The van der Waals surface area contributed by atoms with Gasteiger partial charge in [-0.2, -0.15) is 4.40 Å².